The van der Waals surface area contributed by atoms with Gasteiger partial charge in [-0.3, -0.25) is 0 Å². The summed E-state index contributed by atoms with van der Waals surface area (Å²) in [5, 5.41) is 8.59. The molecule has 0 aliphatic carbocycles. The number of hydrogen-bond acceptors (Lipinski definition) is 1. The van der Waals surface area contributed by atoms with Crippen LogP contribution in [-0.2, 0) is 0 Å². The molecule has 0 saturated carbocycles. The van der Waals surface area contributed by atoms with Gasteiger partial charge in [0.1, 0.15) is 0 Å². The molecule has 0 spiro atoms. The van der Waals surface area contributed by atoms with Gasteiger partial charge >= 0.3 is 0 Å². The van der Waals surface area contributed by atoms with E-state index in [1.165, 1.54) is 0 Å². The average Bonchev–Trinajstić information content (AvgIpc) is 2.35. The van der Waals surface area contributed by atoms with Crippen molar-refractivity contribution in [3.8, 4) is 11.8 Å². The molecule has 0 aliphatic rings. The van der Waals surface area contributed by atoms with Crippen molar-refractivity contribution in [1.29, 1.82) is 0 Å². The molecule has 0 rings (SSSR count). The minimum absolute atomic E-state index is 0.306. The van der Waals surface area contributed by atoms with E-state index < -0.39 is 0 Å². The average molecular weight is 230 g/mol. The van der Waals surface area contributed by atoms with Crippen LogP contribution < -0.4 is 0 Å². The second-order valence-electron chi connectivity index (χ2n) is 3.53. The van der Waals surface area contributed by atoms with Gasteiger partial charge in [-0.25, -0.2) is 0 Å². The molecular formula is C16H22O. The minimum atomic E-state index is 0.306. The zero-order valence-electron chi connectivity index (χ0n) is 10.6. The zero-order chi connectivity index (χ0) is 12.6. The summed E-state index contributed by atoms with van der Waals surface area (Å²) in [6.07, 6.45) is 19.8. The smallest absolute Gasteiger partial charge is 0.0431 e. The van der Waals surface area contributed by atoms with Crippen LogP contribution in [0.3, 0.4) is 0 Å². The Hall–Kier alpha value is -1.52. The Labute approximate surface area is 105 Å². The highest BCUT2D eigenvalue weighted by molar-refractivity contribution is 5.27. The molecule has 0 saturated heterocycles. The van der Waals surface area contributed by atoms with Gasteiger partial charge in [-0.1, -0.05) is 54.7 Å². The molecule has 0 unspecified atom stereocenters. The quantitative estimate of drug-likeness (QED) is 0.401. The van der Waals surface area contributed by atoms with Gasteiger partial charge in [0.15, 0.2) is 0 Å². The Bertz CT molecular complexity index is 321. The van der Waals surface area contributed by atoms with Crippen molar-refractivity contribution in [1.82, 2.24) is 0 Å². The van der Waals surface area contributed by atoms with Crippen molar-refractivity contribution in [3.63, 3.8) is 0 Å². The predicted molar refractivity (Wildman–Crippen MR) is 75.6 cm³/mol. The summed E-state index contributed by atoms with van der Waals surface area (Å²) in [4.78, 5) is 0. The topological polar surface area (TPSA) is 20.2 Å². The minimum Gasteiger partial charge on any atom is -0.396 e. The Morgan fingerprint density at radius 3 is 2.24 bits per heavy atom. The number of hydrogen-bond donors (Lipinski definition) is 1. The lowest BCUT2D eigenvalue weighted by Gasteiger charge is -1.92. The summed E-state index contributed by atoms with van der Waals surface area (Å²) in [5.74, 6) is 5.83. The summed E-state index contributed by atoms with van der Waals surface area (Å²) in [6, 6.07) is 0. The first-order chi connectivity index (χ1) is 8.41. The van der Waals surface area contributed by atoms with Crippen LogP contribution in [0.2, 0.25) is 0 Å². The van der Waals surface area contributed by atoms with Crippen LogP contribution in [0.25, 0.3) is 0 Å². The monoisotopic (exact) mass is 230 g/mol. The number of aliphatic hydroxyl groups is 1. The number of rotatable bonds is 7. The predicted octanol–water partition coefficient (Wildman–Crippen LogP) is 3.79. The van der Waals surface area contributed by atoms with E-state index in [1.807, 2.05) is 49.5 Å². The van der Waals surface area contributed by atoms with E-state index in [4.69, 9.17) is 5.11 Å². The highest BCUT2D eigenvalue weighted by Gasteiger charge is 1.83. The molecule has 17 heavy (non-hydrogen) atoms. The highest BCUT2D eigenvalue weighted by atomic mass is 16.2. The third-order valence-electron chi connectivity index (χ3n) is 2.02. The van der Waals surface area contributed by atoms with Gasteiger partial charge in [0, 0.05) is 6.61 Å². The number of unbranched alkanes of at least 4 members (excludes halogenated alkanes) is 3. The molecule has 0 aromatic carbocycles. The van der Waals surface area contributed by atoms with E-state index in [0.29, 0.717) is 6.61 Å². The highest BCUT2D eigenvalue weighted by Crippen LogP contribution is 1.99. The summed E-state index contributed by atoms with van der Waals surface area (Å²) in [7, 11) is 0. The molecule has 0 radical (unpaired) electrons. The van der Waals surface area contributed by atoms with Crippen LogP contribution in [0, 0.1) is 11.8 Å². The molecule has 1 nitrogen and oxygen atoms in total. The van der Waals surface area contributed by atoms with Crippen LogP contribution in [0.15, 0.2) is 48.6 Å². The summed E-state index contributed by atoms with van der Waals surface area (Å²) in [5.41, 5.74) is 0. The van der Waals surface area contributed by atoms with Gasteiger partial charge in [0.25, 0.3) is 0 Å². The zero-order valence-corrected chi connectivity index (χ0v) is 10.6. The molecule has 0 aliphatic heterocycles. The van der Waals surface area contributed by atoms with E-state index >= 15 is 0 Å². The second-order valence-corrected chi connectivity index (χ2v) is 3.53. The second kappa shape index (κ2) is 14.5. The van der Waals surface area contributed by atoms with Gasteiger partial charge in [0.2, 0.25) is 0 Å². The largest absolute Gasteiger partial charge is 0.396 e. The first kappa shape index (κ1) is 15.5. The fourth-order valence-corrected chi connectivity index (χ4v) is 1.14. The van der Waals surface area contributed by atoms with E-state index in [9.17, 15) is 0 Å². The van der Waals surface area contributed by atoms with Crippen molar-refractivity contribution in [3.05, 3.63) is 48.6 Å². The van der Waals surface area contributed by atoms with Crippen LogP contribution >= 0.6 is 0 Å². The first-order valence-electron chi connectivity index (χ1n) is 6.13. The maximum Gasteiger partial charge on any atom is 0.0431 e. The van der Waals surface area contributed by atoms with Gasteiger partial charge < -0.3 is 5.11 Å². The van der Waals surface area contributed by atoms with Crippen LogP contribution in [0.5, 0.6) is 0 Å². The normalized spacial score (nSPS) is 11.9. The molecule has 0 atom stereocenters. The van der Waals surface area contributed by atoms with Crippen LogP contribution in [0.4, 0.5) is 0 Å². The Morgan fingerprint density at radius 2 is 1.59 bits per heavy atom. The van der Waals surface area contributed by atoms with E-state index in [0.717, 1.165) is 25.7 Å². The summed E-state index contributed by atoms with van der Waals surface area (Å²) < 4.78 is 0. The number of allylic oxidation sites excluding steroid dienone is 8. The van der Waals surface area contributed by atoms with Crippen molar-refractivity contribution in [2.45, 2.75) is 32.6 Å². The van der Waals surface area contributed by atoms with Gasteiger partial charge in [0.05, 0.1) is 0 Å². The van der Waals surface area contributed by atoms with Crippen molar-refractivity contribution in [2.75, 3.05) is 6.61 Å². The maximum atomic E-state index is 8.59. The van der Waals surface area contributed by atoms with Gasteiger partial charge in [-0.15, -0.1) is 0 Å². The molecule has 0 amide bonds. The van der Waals surface area contributed by atoms with Crippen molar-refractivity contribution >= 4 is 0 Å². The van der Waals surface area contributed by atoms with Crippen LogP contribution in [-0.4, -0.2) is 11.7 Å². The first-order valence-corrected chi connectivity index (χ1v) is 6.13. The third kappa shape index (κ3) is 14.5. The van der Waals surface area contributed by atoms with Crippen molar-refractivity contribution in [2.24, 2.45) is 0 Å². The maximum absolute atomic E-state index is 8.59. The SMILES string of the molecule is CC=CC=CC#CC=CC=CCCCCCO. The molecule has 0 aromatic rings. The molecule has 1 heteroatoms. The lowest BCUT2D eigenvalue weighted by atomic mass is 10.2. The fourth-order valence-electron chi connectivity index (χ4n) is 1.14. The Kier molecular flexibility index (Phi) is 13.2. The molecule has 0 aromatic heterocycles. The lowest BCUT2D eigenvalue weighted by molar-refractivity contribution is 0.283. The summed E-state index contributed by atoms with van der Waals surface area (Å²) in [6.45, 7) is 2.28. The van der Waals surface area contributed by atoms with Crippen LogP contribution in [0.1, 0.15) is 32.6 Å². The third-order valence-corrected chi connectivity index (χ3v) is 2.02. The molecule has 0 fully saturated rings. The molecular weight excluding hydrogens is 208 g/mol. The molecule has 0 heterocycles. The van der Waals surface area contributed by atoms with Gasteiger partial charge in [-0.2, -0.15) is 0 Å². The van der Waals surface area contributed by atoms with E-state index in [-0.39, 0.29) is 0 Å². The Morgan fingerprint density at radius 1 is 0.882 bits per heavy atom. The van der Waals surface area contributed by atoms with E-state index in [1.54, 1.807) is 0 Å². The van der Waals surface area contributed by atoms with Gasteiger partial charge in [-0.05, 0) is 38.3 Å². The van der Waals surface area contributed by atoms with E-state index in [2.05, 4.69) is 17.9 Å². The standard InChI is InChI=1S/C16H22O/c1-2-3-4-5-6-7-8-9-10-11-12-13-14-15-16-17/h2-5,8-11,17H,12-16H2,1H3. The molecule has 0 bridgehead atoms. The lowest BCUT2D eigenvalue weighted by Crippen LogP contribution is -1.81. The van der Waals surface area contributed by atoms with Crippen molar-refractivity contribution < 1.29 is 5.11 Å². The number of aliphatic hydroxyl groups excluding tert-OH is 1. The summed E-state index contributed by atoms with van der Waals surface area (Å²) >= 11 is 0. The molecule has 1 N–H and O–H groups in total. The fraction of sp³-hybridized carbons (Fsp3) is 0.375. The Balaban J connectivity index is 3.55. The molecule has 92 valence electrons.